The van der Waals surface area contributed by atoms with Crippen LogP contribution in [0.4, 0.5) is 0 Å². The lowest BCUT2D eigenvalue weighted by molar-refractivity contribution is -0.120. The van der Waals surface area contributed by atoms with Gasteiger partial charge in [-0.15, -0.1) is 0 Å². The van der Waals surface area contributed by atoms with Gasteiger partial charge in [0.15, 0.2) is 14.1 Å². The summed E-state index contributed by atoms with van der Waals surface area (Å²) in [6.07, 6.45) is 0.978. The number of rotatable bonds is 4. The van der Waals surface area contributed by atoms with Gasteiger partial charge in [-0.25, -0.2) is 0 Å². The molecule has 0 N–H and O–H groups in total. The Hall–Kier alpha value is -0.413. The molecule has 0 saturated heterocycles. The number of carbonyl (C=O) groups is 1. The lowest BCUT2D eigenvalue weighted by Crippen LogP contribution is -2.44. The minimum Gasteiger partial charge on any atom is -0.407 e. The monoisotopic (exact) mass is 214 g/mol. The van der Waals surface area contributed by atoms with E-state index in [1.54, 1.807) is 6.92 Å². The van der Waals surface area contributed by atoms with Gasteiger partial charge in [-0.05, 0) is 31.1 Å². The van der Waals surface area contributed by atoms with E-state index in [0.717, 1.165) is 0 Å². The third-order valence-electron chi connectivity index (χ3n) is 2.88. The number of carbonyl (C=O) groups excluding carboxylic acids is 1. The quantitative estimate of drug-likeness (QED) is 0.531. The van der Waals surface area contributed by atoms with E-state index in [-0.39, 0.29) is 16.9 Å². The Morgan fingerprint density at radius 2 is 1.86 bits per heavy atom. The Balaban J connectivity index is 4.52. The van der Waals surface area contributed by atoms with Crippen LogP contribution in [0.3, 0.4) is 0 Å². The molecule has 0 aliphatic carbocycles. The first kappa shape index (κ1) is 13.6. The first-order valence-corrected chi connectivity index (χ1v) is 7.87. The molecule has 0 fully saturated rings. The molecule has 0 radical (unpaired) electrons. The van der Waals surface area contributed by atoms with Gasteiger partial charge in [0.2, 0.25) is 0 Å². The van der Waals surface area contributed by atoms with Crippen LogP contribution < -0.4 is 0 Å². The molecule has 0 spiro atoms. The Kier molecular flexibility index (Phi) is 4.27. The van der Waals surface area contributed by atoms with Gasteiger partial charge in [-0.1, -0.05) is 27.4 Å². The van der Waals surface area contributed by atoms with Gasteiger partial charge in [0.05, 0.1) is 0 Å². The van der Waals surface area contributed by atoms with Crippen molar-refractivity contribution in [2.45, 2.75) is 51.9 Å². The Morgan fingerprint density at radius 3 is 2.14 bits per heavy atom. The summed E-state index contributed by atoms with van der Waals surface area (Å²) < 4.78 is 5.87. The lowest BCUT2D eigenvalue weighted by atomic mass is 10.2. The molecular formula is C11H22O2Si. The number of hydrogen-bond donors (Lipinski definition) is 0. The summed E-state index contributed by atoms with van der Waals surface area (Å²) in [4.78, 5) is 11.3. The molecule has 0 rings (SSSR count). The summed E-state index contributed by atoms with van der Waals surface area (Å²) in [5, 5.41) is 0.142. The summed E-state index contributed by atoms with van der Waals surface area (Å²) in [6, 6.07) is 0. The maximum Gasteiger partial charge on any atom is 0.193 e. The second-order valence-corrected chi connectivity index (χ2v) is 9.88. The molecule has 0 bridgehead atoms. The minimum atomic E-state index is -1.82. The first-order valence-electron chi connectivity index (χ1n) is 4.96. The van der Waals surface area contributed by atoms with E-state index in [9.17, 15) is 4.79 Å². The largest absolute Gasteiger partial charge is 0.407 e. The van der Waals surface area contributed by atoms with Crippen molar-refractivity contribution in [2.24, 2.45) is 0 Å². The van der Waals surface area contributed by atoms with Crippen molar-refractivity contribution in [3.8, 4) is 0 Å². The highest BCUT2D eigenvalue weighted by molar-refractivity contribution is 6.74. The van der Waals surface area contributed by atoms with Gasteiger partial charge < -0.3 is 4.43 Å². The normalized spacial score (nSPS) is 15.0. The van der Waals surface area contributed by atoms with Crippen LogP contribution in [0.15, 0.2) is 12.7 Å². The molecule has 0 saturated carbocycles. The van der Waals surface area contributed by atoms with Crippen molar-refractivity contribution in [2.75, 3.05) is 0 Å². The third kappa shape index (κ3) is 3.39. The van der Waals surface area contributed by atoms with E-state index in [1.165, 1.54) is 6.08 Å². The van der Waals surface area contributed by atoms with E-state index in [2.05, 4.69) is 40.4 Å². The fourth-order valence-corrected chi connectivity index (χ4v) is 2.20. The molecule has 14 heavy (non-hydrogen) atoms. The molecular weight excluding hydrogens is 192 g/mol. The van der Waals surface area contributed by atoms with Gasteiger partial charge in [0.1, 0.15) is 6.10 Å². The molecule has 0 amide bonds. The van der Waals surface area contributed by atoms with E-state index < -0.39 is 8.32 Å². The van der Waals surface area contributed by atoms with E-state index in [1.807, 2.05) is 0 Å². The van der Waals surface area contributed by atoms with E-state index in [0.29, 0.717) is 0 Å². The Morgan fingerprint density at radius 1 is 1.43 bits per heavy atom. The fourth-order valence-electron chi connectivity index (χ4n) is 0.843. The van der Waals surface area contributed by atoms with Crippen molar-refractivity contribution in [3.63, 3.8) is 0 Å². The molecule has 0 aromatic carbocycles. The second-order valence-electron chi connectivity index (χ2n) is 5.13. The Bertz CT molecular complexity index is 226. The molecule has 0 aromatic rings. The maximum atomic E-state index is 11.3. The lowest BCUT2D eigenvalue weighted by Gasteiger charge is -2.37. The molecule has 0 aliphatic rings. The van der Waals surface area contributed by atoms with E-state index in [4.69, 9.17) is 4.43 Å². The Labute approximate surface area is 88.5 Å². The SMILES string of the molecule is C=CC(=O)[C@H](C)O[Si](C)(C)C(C)(C)C. The predicted molar refractivity (Wildman–Crippen MR) is 62.9 cm³/mol. The van der Waals surface area contributed by atoms with Crippen LogP contribution in [0.25, 0.3) is 0 Å². The average Bonchev–Trinajstić information content (AvgIpc) is 2.00. The molecule has 2 nitrogen and oxygen atoms in total. The number of ketones is 1. The minimum absolute atomic E-state index is 0.0326. The van der Waals surface area contributed by atoms with Gasteiger partial charge in [-0.2, -0.15) is 0 Å². The topological polar surface area (TPSA) is 26.3 Å². The number of hydrogen-bond acceptors (Lipinski definition) is 2. The van der Waals surface area contributed by atoms with Crippen molar-refractivity contribution in [3.05, 3.63) is 12.7 Å². The zero-order valence-electron chi connectivity index (χ0n) is 10.2. The van der Waals surface area contributed by atoms with Crippen LogP contribution >= 0.6 is 0 Å². The zero-order valence-corrected chi connectivity index (χ0v) is 11.2. The third-order valence-corrected chi connectivity index (χ3v) is 7.43. The summed E-state index contributed by atoms with van der Waals surface area (Å²) in [7, 11) is -1.82. The highest BCUT2D eigenvalue weighted by Gasteiger charge is 2.39. The molecule has 0 unspecified atom stereocenters. The maximum absolute atomic E-state index is 11.3. The van der Waals surface area contributed by atoms with Gasteiger partial charge >= 0.3 is 0 Å². The molecule has 1 atom stereocenters. The van der Waals surface area contributed by atoms with Crippen LogP contribution in [0, 0.1) is 0 Å². The average molecular weight is 214 g/mol. The van der Waals surface area contributed by atoms with Gasteiger partial charge in [-0.3, -0.25) is 4.79 Å². The van der Waals surface area contributed by atoms with Crippen LogP contribution in [0.2, 0.25) is 18.1 Å². The summed E-state index contributed by atoms with van der Waals surface area (Å²) in [5.74, 6) is -0.0326. The van der Waals surface area contributed by atoms with Crippen LogP contribution in [0.1, 0.15) is 27.7 Å². The van der Waals surface area contributed by atoms with Gasteiger partial charge in [0.25, 0.3) is 0 Å². The summed E-state index contributed by atoms with van der Waals surface area (Å²) >= 11 is 0. The van der Waals surface area contributed by atoms with Crippen LogP contribution in [-0.4, -0.2) is 20.2 Å². The molecule has 0 aliphatic heterocycles. The van der Waals surface area contributed by atoms with Crippen molar-refractivity contribution in [1.82, 2.24) is 0 Å². The molecule has 0 aromatic heterocycles. The molecule has 82 valence electrons. The molecule has 0 heterocycles. The standard InChI is InChI=1S/C11H22O2Si/c1-8-10(12)9(2)13-14(6,7)11(3,4)5/h8-9H,1H2,2-7H3/t9-/m0/s1. The summed E-state index contributed by atoms with van der Waals surface area (Å²) in [6.45, 7) is 16.0. The predicted octanol–water partition coefficient (Wildman–Crippen LogP) is 3.15. The first-order chi connectivity index (χ1) is 6.12. The van der Waals surface area contributed by atoms with Crippen molar-refractivity contribution >= 4 is 14.1 Å². The van der Waals surface area contributed by atoms with Crippen LogP contribution in [0.5, 0.6) is 0 Å². The highest BCUT2D eigenvalue weighted by atomic mass is 28.4. The van der Waals surface area contributed by atoms with Crippen molar-refractivity contribution < 1.29 is 9.22 Å². The second kappa shape index (κ2) is 4.40. The zero-order chi connectivity index (χ0) is 11.6. The van der Waals surface area contributed by atoms with Crippen LogP contribution in [-0.2, 0) is 9.22 Å². The van der Waals surface area contributed by atoms with Gasteiger partial charge in [0, 0.05) is 0 Å². The highest BCUT2D eigenvalue weighted by Crippen LogP contribution is 2.37. The summed E-state index contributed by atoms with van der Waals surface area (Å²) in [5.41, 5.74) is 0. The van der Waals surface area contributed by atoms with Crippen molar-refractivity contribution in [1.29, 1.82) is 0 Å². The molecule has 3 heteroatoms. The fraction of sp³-hybridized carbons (Fsp3) is 0.727. The van der Waals surface area contributed by atoms with E-state index >= 15 is 0 Å². The smallest absolute Gasteiger partial charge is 0.193 e.